The molecule has 0 aliphatic heterocycles. The molecule has 0 radical (unpaired) electrons. The fourth-order valence-corrected chi connectivity index (χ4v) is 1.99. The number of halogens is 1. The largest absolute Gasteiger partial charge is 0.479 e. The summed E-state index contributed by atoms with van der Waals surface area (Å²) >= 11 is 7.26. The molecular weight excluding hydrogens is 286 g/mol. The average Bonchev–Trinajstić information content (AvgIpc) is 2.86. The predicted molar refractivity (Wildman–Crippen MR) is 74.8 cm³/mol. The number of aryl methyl sites for hydroxylation is 1. The van der Waals surface area contributed by atoms with Crippen LogP contribution in [0.1, 0.15) is 12.5 Å². The van der Waals surface area contributed by atoms with E-state index >= 15 is 0 Å². The maximum atomic E-state index is 11.9. The van der Waals surface area contributed by atoms with Gasteiger partial charge < -0.3 is 4.74 Å². The molecule has 0 bridgehead atoms. The lowest BCUT2D eigenvalue weighted by molar-refractivity contribution is -0.122. The highest BCUT2D eigenvalue weighted by Crippen LogP contribution is 2.26. The van der Waals surface area contributed by atoms with Crippen molar-refractivity contribution < 1.29 is 9.53 Å². The van der Waals surface area contributed by atoms with Gasteiger partial charge in [0, 0.05) is 0 Å². The first kappa shape index (κ1) is 13.8. The summed E-state index contributed by atoms with van der Waals surface area (Å²) in [6.07, 6.45) is -0.678. The van der Waals surface area contributed by atoms with Crippen LogP contribution in [0.3, 0.4) is 0 Å². The van der Waals surface area contributed by atoms with E-state index in [1.807, 2.05) is 13.0 Å². The van der Waals surface area contributed by atoms with Crippen molar-refractivity contribution in [3.8, 4) is 5.75 Å². The zero-order valence-electron chi connectivity index (χ0n) is 10.4. The van der Waals surface area contributed by atoms with Crippen molar-refractivity contribution in [3.05, 3.63) is 34.3 Å². The summed E-state index contributed by atoms with van der Waals surface area (Å²) in [5.41, 5.74) is 2.55. The number of anilines is 1. The summed E-state index contributed by atoms with van der Waals surface area (Å²) in [7, 11) is 0. The van der Waals surface area contributed by atoms with Crippen LogP contribution in [0.15, 0.2) is 23.7 Å². The fraction of sp³-hybridized carbons (Fsp3) is 0.250. The van der Waals surface area contributed by atoms with Gasteiger partial charge in [-0.1, -0.05) is 29.0 Å². The first-order valence-corrected chi connectivity index (χ1v) is 6.82. The van der Waals surface area contributed by atoms with Crippen LogP contribution in [0.5, 0.6) is 5.75 Å². The Bertz CT molecular complexity index is 574. The Balaban J connectivity index is 2.02. The van der Waals surface area contributed by atoms with Gasteiger partial charge in [0.05, 0.1) is 5.02 Å². The Morgan fingerprint density at radius 2 is 2.32 bits per heavy atom. The number of carbonyl (C=O) groups excluding carboxylic acids is 1. The molecule has 0 saturated heterocycles. The highest BCUT2D eigenvalue weighted by molar-refractivity contribution is 7.13. The Morgan fingerprint density at radius 1 is 1.53 bits per heavy atom. The van der Waals surface area contributed by atoms with Gasteiger partial charge in [0.15, 0.2) is 6.10 Å². The van der Waals surface area contributed by atoms with Gasteiger partial charge in [-0.25, -0.2) is 0 Å². The van der Waals surface area contributed by atoms with Crippen LogP contribution in [0, 0.1) is 6.92 Å². The Kier molecular flexibility index (Phi) is 4.34. The molecule has 1 N–H and O–H groups in total. The number of hydrogen-bond donors (Lipinski definition) is 1. The van der Waals surface area contributed by atoms with E-state index in [1.165, 1.54) is 11.3 Å². The van der Waals surface area contributed by atoms with Gasteiger partial charge in [-0.3, -0.25) is 10.1 Å². The van der Waals surface area contributed by atoms with Crippen molar-refractivity contribution in [1.82, 2.24) is 10.2 Å². The molecule has 1 amide bonds. The number of benzene rings is 1. The van der Waals surface area contributed by atoms with Crippen LogP contribution in [-0.2, 0) is 4.79 Å². The third-order valence-electron chi connectivity index (χ3n) is 2.35. The minimum absolute atomic E-state index is 0.297. The zero-order valence-corrected chi connectivity index (χ0v) is 12.0. The van der Waals surface area contributed by atoms with E-state index in [0.29, 0.717) is 15.9 Å². The van der Waals surface area contributed by atoms with Gasteiger partial charge in [-0.05, 0) is 31.5 Å². The van der Waals surface area contributed by atoms with Crippen LogP contribution in [0.25, 0.3) is 0 Å². The number of carbonyl (C=O) groups is 1. The molecule has 2 aromatic rings. The number of nitrogens with one attached hydrogen (secondary N) is 1. The van der Waals surface area contributed by atoms with E-state index in [0.717, 1.165) is 5.56 Å². The molecule has 100 valence electrons. The van der Waals surface area contributed by atoms with E-state index in [1.54, 1.807) is 24.6 Å². The number of hydrogen-bond acceptors (Lipinski definition) is 5. The second kappa shape index (κ2) is 5.99. The summed E-state index contributed by atoms with van der Waals surface area (Å²) in [6, 6.07) is 5.40. The van der Waals surface area contributed by atoms with Gasteiger partial charge in [0.25, 0.3) is 5.91 Å². The Labute approximate surface area is 119 Å². The normalized spacial score (nSPS) is 11.9. The highest BCUT2D eigenvalue weighted by Gasteiger charge is 2.17. The summed E-state index contributed by atoms with van der Waals surface area (Å²) in [5, 5.41) is 10.9. The van der Waals surface area contributed by atoms with Crippen molar-refractivity contribution in [1.29, 1.82) is 0 Å². The second-order valence-corrected chi connectivity index (χ2v) is 5.17. The van der Waals surface area contributed by atoms with Gasteiger partial charge in [0.1, 0.15) is 11.3 Å². The molecule has 0 fully saturated rings. The number of ether oxygens (including phenoxy) is 1. The van der Waals surface area contributed by atoms with E-state index in [-0.39, 0.29) is 5.91 Å². The molecule has 0 spiro atoms. The monoisotopic (exact) mass is 297 g/mol. The number of nitrogens with zero attached hydrogens (tertiary/aromatic N) is 2. The van der Waals surface area contributed by atoms with Crippen molar-refractivity contribution in [2.75, 3.05) is 5.32 Å². The molecule has 2 rings (SSSR count). The first-order valence-electron chi connectivity index (χ1n) is 5.56. The van der Waals surface area contributed by atoms with E-state index < -0.39 is 6.10 Å². The lowest BCUT2D eigenvalue weighted by atomic mass is 10.2. The summed E-state index contributed by atoms with van der Waals surface area (Å²) in [6.45, 7) is 3.57. The average molecular weight is 298 g/mol. The summed E-state index contributed by atoms with van der Waals surface area (Å²) in [5.74, 6) is 0.191. The molecule has 0 aliphatic rings. The molecule has 1 aromatic heterocycles. The molecule has 5 nitrogen and oxygen atoms in total. The minimum Gasteiger partial charge on any atom is -0.479 e. The zero-order chi connectivity index (χ0) is 13.8. The van der Waals surface area contributed by atoms with Gasteiger partial charge in [0.2, 0.25) is 5.13 Å². The van der Waals surface area contributed by atoms with Crippen molar-refractivity contribution in [2.24, 2.45) is 0 Å². The quantitative estimate of drug-likeness (QED) is 0.942. The third kappa shape index (κ3) is 3.65. The van der Waals surface area contributed by atoms with Crippen LogP contribution in [0.4, 0.5) is 5.13 Å². The summed E-state index contributed by atoms with van der Waals surface area (Å²) in [4.78, 5) is 11.9. The second-order valence-electron chi connectivity index (χ2n) is 3.93. The number of amides is 1. The van der Waals surface area contributed by atoms with Crippen LogP contribution < -0.4 is 10.1 Å². The van der Waals surface area contributed by atoms with Crippen LogP contribution >= 0.6 is 22.9 Å². The molecule has 1 heterocycles. The SMILES string of the molecule is Cc1ccc(Cl)c(O[C@@H](C)C(=O)Nc2nncs2)c1. The minimum atomic E-state index is -0.678. The van der Waals surface area contributed by atoms with Gasteiger partial charge in [-0.2, -0.15) is 0 Å². The molecule has 1 atom stereocenters. The smallest absolute Gasteiger partial charge is 0.266 e. The van der Waals surface area contributed by atoms with E-state index in [9.17, 15) is 4.79 Å². The fourth-order valence-electron chi connectivity index (χ4n) is 1.38. The molecule has 0 unspecified atom stereocenters. The maximum Gasteiger partial charge on any atom is 0.266 e. The van der Waals surface area contributed by atoms with E-state index in [2.05, 4.69) is 15.5 Å². The third-order valence-corrected chi connectivity index (χ3v) is 3.27. The molecule has 19 heavy (non-hydrogen) atoms. The van der Waals surface area contributed by atoms with E-state index in [4.69, 9.17) is 16.3 Å². The standard InChI is InChI=1S/C12H12ClN3O2S/c1-7-3-4-9(13)10(5-7)18-8(2)11(17)15-12-16-14-6-19-12/h3-6,8H,1-2H3,(H,15,16,17)/t8-/m0/s1. The van der Waals surface area contributed by atoms with Crippen molar-refractivity contribution >= 4 is 34.0 Å². The van der Waals surface area contributed by atoms with Crippen LogP contribution in [0.2, 0.25) is 5.02 Å². The maximum absolute atomic E-state index is 11.9. The Morgan fingerprint density at radius 3 is 3.00 bits per heavy atom. The summed E-state index contributed by atoms with van der Waals surface area (Å²) < 4.78 is 5.55. The lowest BCUT2D eigenvalue weighted by Gasteiger charge is -2.15. The first-order chi connectivity index (χ1) is 9.06. The highest BCUT2D eigenvalue weighted by atomic mass is 35.5. The molecule has 7 heteroatoms. The molecule has 1 aromatic carbocycles. The van der Waals surface area contributed by atoms with Crippen molar-refractivity contribution in [3.63, 3.8) is 0 Å². The van der Waals surface area contributed by atoms with Gasteiger partial charge in [-0.15, -0.1) is 10.2 Å². The number of rotatable bonds is 4. The lowest BCUT2D eigenvalue weighted by Crippen LogP contribution is -2.30. The Hall–Kier alpha value is -1.66. The molecular formula is C12H12ClN3O2S. The molecule has 0 aliphatic carbocycles. The molecule has 0 saturated carbocycles. The predicted octanol–water partition coefficient (Wildman–Crippen LogP) is 2.91. The van der Waals surface area contributed by atoms with Crippen LogP contribution in [-0.4, -0.2) is 22.2 Å². The topological polar surface area (TPSA) is 64.1 Å². The van der Waals surface area contributed by atoms with Gasteiger partial charge >= 0.3 is 0 Å². The number of aromatic nitrogens is 2. The van der Waals surface area contributed by atoms with Crippen molar-refractivity contribution in [2.45, 2.75) is 20.0 Å².